The molecule has 1 aliphatic heterocycles. The van der Waals surface area contributed by atoms with Gasteiger partial charge in [0.1, 0.15) is 17.4 Å². The van der Waals surface area contributed by atoms with Gasteiger partial charge in [-0.2, -0.15) is 0 Å². The molecule has 0 N–H and O–H groups in total. The lowest BCUT2D eigenvalue weighted by Crippen LogP contribution is -2.50. The lowest BCUT2D eigenvalue weighted by atomic mass is 9.94. The Morgan fingerprint density at radius 3 is 2.43 bits per heavy atom. The second-order valence-electron chi connectivity index (χ2n) is 6.49. The van der Waals surface area contributed by atoms with E-state index in [9.17, 15) is 9.59 Å². The van der Waals surface area contributed by atoms with E-state index >= 15 is 0 Å². The lowest BCUT2D eigenvalue weighted by molar-refractivity contribution is -0.147. The minimum absolute atomic E-state index is 0.279. The number of rotatable bonds is 2. The molecule has 1 aromatic carbocycles. The normalized spacial score (nSPS) is 17.3. The third kappa shape index (κ3) is 3.94. The number of amides is 1. The van der Waals surface area contributed by atoms with Crippen LogP contribution in [-0.2, 0) is 27.2 Å². The molecule has 6 nitrogen and oxygen atoms in total. The number of benzene rings is 1. The van der Waals surface area contributed by atoms with Crippen LogP contribution in [0.2, 0.25) is 0 Å². The summed E-state index contributed by atoms with van der Waals surface area (Å²) < 4.78 is 15.5. The number of carbonyl (C=O) groups excluding carboxylic acids is 2. The highest BCUT2D eigenvalue weighted by molar-refractivity contribution is 5.82. The molecule has 0 saturated heterocycles. The average molecular weight is 321 g/mol. The molecule has 0 aromatic heterocycles. The lowest BCUT2D eigenvalue weighted by Gasteiger charge is -2.36. The molecule has 0 unspecified atom stereocenters. The van der Waals surface area contributed by atoms with Gasteiger partial charge >= 0.3 is 12.1 Å². The van der Waals surface area contributed by atoms with E-state index in [1.807, 2.05) is 18.2 Å². The number of ether oxygens (including phenoxy) is 3. The molecule has 1 atom stereocenters. The minimum Gasteiger partial charge on any atom is -0.497 e. The molecule has 0 bridgehead atoms. The topological polar surface area (TPSA) is 65.1 Å². The van der Waals surface area contributed by atoms with Crippen LogP contribution in [0.3, 0.4) is 0 Å². The predicted molar refractivity (Wildman–Crippen MR) is 84.3 cm³/mol. The van der Waals surface area contributed by atoms with Crippen LogP contribution in [0.15, 0.2) is 18.2 Å². The van der Waals surface area contributed by atoms with E-state index in [0.29, 0.717) is 12.2 Å². The highest BCUT2D eigenvalue weighted by atomic mass is 16.6. The molecule has 1 aliphatic rings. The van der Waals surface area contributed by atoms with Crippen molar-refractivity contribution < 1.29 is 23.8 Å². The second-order valence-corrected chi connectivity index (χ2v) is 6.49. The number of carbonyl (C=O) groups is 2. The van der Waals surface area contributed by atoms with Crippen molar-refractivity contribution in [2.45, 2.75) is 45.4 Å². The monoisotopic (exact) mass is 321 g/mol. The summed E-state index contributed by atoms with van der Waals surface area (Å²) >= 11 is 0. The van der Waals surface area contributed by atoms with Crippen molar-refractivity contribution in [1.82, 2.24) is 4.90 Å². The first kappa shape index (κ1) is 17.1. The van der Waals surface area contributed by atoms with Gasteiger partial charge in [0, 0.05) is 6.42 Å². The number of methoxy groups -OCH3 is 2. The first-order chi connectivity index (χ1) is 10.7. The van der Waals surface area contributed by atoms with Gasteiger partial charge in [-0.25, -0.2) is 9.59 Å². The molecule has 0 saturated carbocycles. The highest BCUT2D eigenvalue weighted by Crippen LogP contribution is 2.28. The highest BCUT2D eigenvalue weighted by Gasteiger charge is 2.37. The molecule has 0 radical (unpaired) electrons. The summed E-state index contributed by atoms with van der Waals surface area (Å²) in [6.45, 7) is 5.65. The first-order valence-corrected chi connectivity index (χ1v) is 7.48. The van der Waals surface area contributed by atoms with Gasteiger partial charge in [-0.3, -0.25) is 4.90 Å². The van der Waals surface area contributed by atoms with Crippen LogP contribution in [0.4, 0.5) is 4.79 Å². The van der Waals surface area contributed by atoms with Gasteiger partial charge in [0.25, 0.3) is 0 Å². The van der Waals surface area contributed by atoms with Crippen molar-refractivity contribution >= 4 is 12.1 Å². The zero-order chi connectivity index (χ0) is 17.2. The largest absolute Gasteiger partial charge is 0.497 e. The van der Waals surface area contributed by atoms with Crippen LogP contribution in [0.5, 0.6) is 5.75 Å². The Kier molecular flexibility index (Phi) is 4.82. The van der Waals surface area contributed by atoms with Gasteiger partial charge in [-0.05, 0) is 44.0 Å². The van der Waals surface area contributed by atoms with Gasteiger partial charge in [0.15, 0.2) is 0 Å². The Hall–Kier alpha value is -2.24. The number of esters is 1. The predicted octanol–water partition coefficient (Wildman–Crippen LogP) is 2.53. The molecule has 23 heavy (non-hydrogen) atoms. The Morgan fingerprint density at radius 1 is 1.17 bits per heavy atom. The van der Waals surface area contributed by atoms with Gasteiger partial charge in [-0.15, -0.1) is 0 Å². The Bertz CT molecular complexity index is 605. The smallest absolute Gasteiger partial charge is 0.411 e. The number of hydrogen-bond donors (Lipinski definition) is 0. The summed E-state index contributed by atoms with van der Waals surface area (Å²) in [5, 5.41) is 0. The number of fused-ring (bicyclic) bond motifs is 1. The maximum atomic E-state index is 12.5. The molecular formula is C17H23NO5. The Morgan fingerprint density at radius 2 is 1.87 bits per heavy atom. The standard InChI is InChI=1S/C17H23NO5/c1-17(2,3)23-16(20)18-10-12-8-13(21-4)7-6-11(12)9-14(18)15(19)22-5/h6-8,14H,9-10H2,1-5H3/t14-/m1/s1. The third-order valence-electron chi connectivity index (χ3n) is 3.64. The summed E-state index contributed by atoms with van der Waals surface area (Å²) in [4.78, 5) is 26.0. The molecule has 6 heteroatoms. The SMILES string of the molecule is COC(=O)[C@H]1Cc2ccc(OC)cc2CN1C(=O)OC(C)(C)C. The molecule has 1 heterocycles. The number of hydrogen-bond acceptors (Lipinski definition) is 5. The summed E-state index contributed by atoms with van der Waals surface area (Å²) in [5.41, 5.74) is 1.31. The summed E-state index contributed by atoms with van der Waals surface area (Å²) in [6, 6.07) is 4.95. The summed E-state index contributed by atoms with van der Waals surface area (Å²) in [6.07, 6.45) is -0.132. The van der Waals surface area contributed by atoms with E-state index in [4.69, 9.17) is 14.2 Å². The van der Waals surface area contributed by atoms with Crippen molar-refractivity contribution in [3.05, 3.63) is 29.3 Å². The molecule has 0 fully saturated rings. The number of nitrogens with zero attached hydrogens (tertiary/aromatic N) is 1. The molecule has 126 valence electrons. The van der Waals surface area contributed by atoms with Crippen molar-refractivity contribution in [3.8, 4) is 5.75 Å². The fourth-order valence-corrected chi connectivity index (χ4v) is 2.55. The summed E-state index contributed by atoms with van der Waals surface area (Å²) in [7, 11) is 2.91. The van der Waals surface area contributed by atoms with Crippen molar-refractivity contribution in [2.75, 3.05) is 14.2 Å². The maximum Gasteiger partial charge on any atom is 0.411 e. The zero-order valence-electron chi connectivity index (χ0n) is 14.2. The fraction of sp³-hybridized carbons (Fsp3) is 0.529. The Labute approximate surface area is 136 Å². The van der Waals surface area contributed by atoms with E-state index in [0.717, 1.165) is 11.1 Å². The van der Waals surface area contributed by atoms with Crippen molar-refractivity contribution in [3.63, 3.8) is 0 Å². The molecule has 1 aromatic rings. The van der Waals surface area contributed by atoms with Crippen LogP contribution in [0.25, 0.3) is 0 Å². The quantitative estimate of drug-likeness (QED) is 0.783. The van der Waals surface area contributed by atoms with Gasteiger partial charge in [0.05, 0.1) is 20.8 Å². The van der Waals surface area contributed by atoms with E-state index < -0.39 is 23.7 Å². The van der Waals surface area contributed by atoms with Crippen LogP contribution >= 0.6 is 0 Å². The van der Waals surface area contributed by atoms with Crippen LogP contribution in [-0.4, -0.2) is 42.8 Å². The zero-order valence-corrected chi connectivity index (χ0v) is 14.2. The van der Waals surface area contributed by atoms with E-state index in [2.05, 4.69) is 0 Å². The minimum atomic E-state index is -0.684. The average Bonchev–Trinajstić information content (AvgIpc) is 2.50. The van der Waals surface area contributed by atoms with E-state index in [-0.39, 0.29) is 6.54 Å². The molecule has 0 spiro atoms. The molecule has 1 amide bonds. The summed E-state index contributed by atoms with van der Waals surface area (Å²) in [5.74, 6) is 0.265. The van der Waals surface area contributed by atoms with Crippen molar-refractivity contribution in [2.24, 2.45) is 0 Å². The van der Waals surface area contributed by atoms with Gasteiger partial charge < -0.3 is 14.2 Å². The van der Waals surface area contributed by atoms with Gasteiger partial charge in [-0.1, -0.05) is 6.07 Å². The third-order valence-corrected chi connectivity index (χ3v) is 3.64. The Balaban J connectivity index is 2.33. The van der Waals surface area contributed by atoms with Gasteiger partial charge in [0.2, 0.25) is 0 Å². The maximum absolute atomic E-state index is 12.5. The fourth-order valence-electron chi connectivity index (χ4n) is 2.55. The molecule has 2 rings (SSSR count). The molecule has 0 aliphatic carbocycles. The van der Waals surface area contributed by atoms with Crippen LogP contribution in [0.1, 0.15) is 31.9 Å². The van der Waals surface area contributed by atoms with E-state index in [1.54, 1.807) is 27.9 Å². The van der Waals surface area contributed by atoms with Crippen LogP contribution < -0.4 is 4.74 Å². The van der Waals surface area contributed by atoms with E-state index in [1.165, 1.54) is 12.0 Å². The first-order valence-electron chi connectivity index (χ1n) is 7.48. The van der Waals surface area contributed by atoms with Crippen LogP contribution in [0, 0.1) is 0 Å². The second kappa shape index (κ2) is 6.48. The van der Waals surface area contributed by atoms with Crippen molar-refractivity contribution in [1.29, 1.82) is 0 Å². The molecular weight excluding hydrogens is 298 g/mol.